The molecular weight excluding hydrogens is 582 g/mol. The average molecular weight is 621 g/mol. The first kappa shape index (κ1) is 30.6. The van der Waals surface area contributed by atoms with Crippen LogP contribution in [0.3, 0.4) is 0 Å². The zero-order valence-corrected chi connectivity index (χ0v) is 26.5. The lowest BCUT2D eigenvalue weighted by Gasteiger charge is -2.20. The fraction of sp³-hybridized carbons (Fsp3) is 0.464. The quantitative estimate of drug-likeness (QED) is 0.168. The van der Waals surface area contributed by atoms with Crippen molar-refractivity contribution < 1.29 is 23.8 Å². The van der Waals surface area contributed by atoms with E-state index in [1.807, 2.05) is 0 Å². The van der Waals surface area contributed by atoms with Crippen molar-refractivity contribution in [1.82, 2.24) is 9.13 Å². The molecule has 2 aromatic heterocycles. The molecule has 39 heavy (non-hydrogen) atoms. The van der Waals surface area contributed by atoms with Crippen molar-refractivity contribution in [3.8, 4) is 0 Å². The highest BCUT2D eigenvalue weighted by atomic mass is 79.9. The molecular formula is C28H38BrN3O6Si. The number of aryl methyl sites for hydroxylation is 1. The van der Waals surface area contributed by atoms with E-state index in [0.29, 0.717) is 44.5 Å². The number of para-hydroxylation sites is 1. The largest absolute Gasteiger partial charge is 0.457 e. The Morgan fingerprint density at radius 3 is 2.44 bits per heavy atom. The smallest absolute Gasteiger partial charge is 0.412 e. The van der Waals surface area contributed by atoms with Crippen molar-refractivity contribution in [3.05, 3.63) is 62.1 Å². The fourth-order valence-electron chi connectivity index (χ4n) is 3.99. The van der Waals surface area contributed by atoms with Gasteiger partial charge in [0.2, 0.25) is 0 Å². The Morgan fingerprint density at radius 2 is 1.79 bits per heavy atom. The van der Waals surface area contributed by atoms with Crippen LogP contribution in [0.2, 0.25) is 25.7 Å². The van der Waals surface area contributed by atoms with Crippen molar-refractivity contribution in [2.45, 2.75) is 72.3 Å². The number of hydrogen-bond acceptors (Lipinski definition) is 6. The third-order valence-corrected chi connectivity index (χ3v) is 8.33. The summed E-state index contributed by atoms with van der Waals surface area (Å²) in [7, 11) is 0.375. The Labute approximate surface area is 238 Å². The van der Waals surface area contributed by atoms with E-state index in [0.717, 1.165) is 6.04 Å². The van der Waals surface area contributed by atoms with Gasteiger partial charge < -0.3 is 23.3 Å². The second kappa shape index (κ2) is 12.1. The minimum atomic E-state index is -1.29. The van der Waals surface area contributed by atoms with Gasteiger partial charge in [0.25, 0.3) is 5.56 Å². The van der Waals surface area contributed by atoms with Crippen LogP contribution in [0.25, 0.3) is 10.9 Å². The number of ether oxygens (including phenoxy) is 3. The zero-order valence-electron chi connectivity index (χ0n) is 23.9. The first-order chi connectivity index (χ1) is 18.1. The van der Waals surface area contributed by atoms with Crippen LogP contribution in [0.15, 0.2) is 39.7 Å². The molecule has 0 aliphatic heterocycles. The number of fused-ring (bicyclic) bond motifs is 1. The summed E-state index contributed by atoms with van der Waals surface area (Å²) in [5.41, 5.74) is 1.42. The van der Waals surface area contributed by atoms with Gasteiger partial charge in [0.1, 0.15) is 24.5 Å². The molecule has 0 saturated heterocycles. The second-order valence-corrected chi connectivity index (χ2v) is 18.2. The summed E-state index contributed by atoms with van der Waals surface area (Å²) in [5.74, 6) is -0.584. The van der Waals surface area contributed by atoms with Crippen LogP contribution in [-0.4, -0.2) is 41.5 Å². The van der Waals surface area contributed by atoms with Crippen LogP contribution in [0.1, 0.15) is 42.4 Å². The molecule has 0 aliphatic rings. The number of amides is 1. The molecule has 0 radical (unpaired) electrons. The highest BCUT2D eigenvalue weighted by molar-refractivity contribution is 9.10. The molecule has 11 heteroatoms. The molecule has 0 spiro atoms. The lowest BCUT2D eigenvalue weighted by molar-refractivity contribution is 0.0473. The number of aromatic nitrogens is 2. The van der Waals surface area contributed by atoms with Crippen LogP contribution < -0.4 is 10.9 Å². The number of hydrogen-bond donors (Lipinski definition) is 1. The Morgan fingerprint density at radius 1 is 1.13 bits per heavy atom. The minimum absolute atomic E-state index is 0.0912. The molecule has 2 heterocycles. The van der Waals surface area contributed by atoms with E-state index in [-0.39, 0.29) is 18.9 Å². The molecule has 0 saturated carbocycles. The van der Waals surface area contributed by atoms with E-state index in [2.05, 4.69) is 40.9 Å². The number of benzene rings is 1. The average Bonchev–Trinajstić information content (AvgIpc) is 3.10. The molecule has 0 fully saturated rings. The molecule has 3 aromatic rings. The van der Waals surface area contributed by atoms with E-state index in [9.17, 15) is 14.4 Å². The van der Waals surface area contributed by atoms with Crippen molar-refractivity contribution in [2.75, 3.05) is 11.9 Å². The summed E-state index contributed by atoms with van der Waals surface area (Å²) in [5, 5.41) is 3.20. The Hall–Kier alpha value is -2.89. The van der Waals surface area contributed by atoms with Gasteiger partial charge in [0.05, 0.1) is 11.3 Å². The van der Waals surface area contributed by atoms with Gasteiger partial charge in [0, 0.05) is 49.0 Å². The van der Waals surface area contributed by atoms with E-state index in [1.54, 1.807) is 69.8 Å². The van der Waals surface area contributed by atoms with Crippen molar-refractivity contribution in [1.29, 1.82) is 0 Å². The first-order valence-electron chi connectivity index (χ1n) is 12.8. The van der Waals surface area contributed by atoms with E-state index < -0.39 is 25.7 Å². The number of pyridine rings is 1. The monoisotopic (exact) mass is 619 g/mol. The SMILES string of the molecule is Cc1c(C(=O)OCc2ccccc2NC(=O)OC(C)(C)C)c2c(Br)cn(C)c(=O)c2n1COCC[Si](C)(C)C. The zero-order chi connectivity index (χ0) is 29.1. The highest BCUT2D eigenvalue weighted by Crippen LogP contribution is 2.31. The lowest BCUT2D eigenvalue weighted by atomic mass is 10.1. The van der Waals surface area contributed by atoms with Crippen molar-refractivity contribution >= 4 is 52.7 Å². The molecule has 1 amide bonds. The molecule has 0 bridgehead atoms. The van der Waals surface area contributed by atoms with E-state index in [1.165, 1.54) is 4.57 Å². The molecule has 1 N–H and O–H groups in total. The first-order valence-corrected chi connectivity index (χ1v) is 17.3. The van der Waals surface area contributed by atoms with E-state index in [4.69, 9.17) is 14.2 Å². The number of rotatable bonds is 9. The topological polar surface area (TPSA) is 101 Å². The maximum atomic E-state index is 13.5. The van der Waals surface area contributed by atoms with Gasteiger partial charge in [0.15, 0.2) is 0 Å². The predicted octanol–water partition coefficient (Wildman–Crippen LogP) is 6.43. The molecule has 0 atom stereocenters. The number of carbonyl (C=O) groups is 2. The van der Waals surface area contributed by atoms with Crippen LogP contribution >= 0.6 is 15.9 Å². The molecule has 3 rings (SSSR count). The second-order valence-electron chi connectivity index (χ2n) is 11.7. The maximum absolute atomic E-state index is 13.5. The summed E-state index contributed by atoms with van der Waals surface area (Å²) in [4.78, 5) is 39.0. The van der Waals surface area contributed by atoms with Gasteiger partial charge in [-0.05, 0) is 55.7 Å². The summed E-state index contributed by atoms with van der Waals surface area (Å²) in [6.45, 7) is 14.6. The van der Waals surface area contributed by atoms with Gasteiger partial charge in [-0.1, -0.05) is 37.8 Å². The number of nitrogens with zero attached hydrogens (tertiary/aromatic N) is 2. The number of carbonyl (C=O) groups excluding carboxylic acids is 2. The molecule has 9 nitrogen and oxygen atoms in total. The number of halogens is 1. The van der Waals surface area contributed by atoms with Gasteiger partial charge in [-0.2, -0.15) is 0 Å². The summed E-state index contributed by atoms with van der Waals surface area (Å²) >= 11 is 3.54. The number of anilines is 1. The highest BCUT2D eigenvalue weighted by Gasteiger charge is 2.26. The van der Waals surface area contributed by atoms with Gasteiger partial charge in [-0.25, -0.2) is 9.59 Å². The van der Waals surface area contributed by atoms with Crippen molar-refractivity contribution in [3.63, 3.8) is 0 Å². The Kier molecular flexibility index (Phi) is 9.50. The van der Waals surface area contributed by atoms with Gasteiger partial charge in [-0.3, -0.25) is 10.1 Å². The third kappa shape index (κ3) is 7.83. The molecule has 212 valence electrons. The normalized spacial score (nSPS) is 12.0. The Bertz CT molecular complexity index is 1430. The van der Waals surface area contributed by atoms with Gasteiger partial charge >= 0.3 is 12.1 Å². The van der Waals surface area contributed by atoms with Crippen LogP contribution in [0.4, 0.5) is 10.5 Å². The van der Waals surface area contributed by atoms with Crippen LogP contribution in [0, 0.1) is 6.92 Å². The van der Waals surface area contributed by atoms with E-state index >= 15 is 0 Å². The molecule has 1 aromatic carbocycles. The summed E-state index contributed by atoms with van der Waals surface area (Å²) in [6, 6.07) is 8.01. The molecule has 0 unspecified atom stereocenters. The van der Waals surface area contributed by atoms with Crippen molar-refractivity contribution in [2.24, 2.45) is 7.05 Å². The maximum Gasteiger partial charge on any atom is 0.412 e. The fourth-order valence-corrected chi connectivity index (χ4v) is 5.44. The van der Waals surface area contributed by atoms with Crippen LogP contribution in [-0.2, 0) is 34.6 Å². The minimum Gasteiger partial charge on any atom is -0.457 e. The van der Waals surface area contributed by atoms with Crippen LogP contribution in [0.5, 0.6) is 0 Å². The number of esters is 1. The Balaban J connectivity index is 1.89. The standard InChI is InChI=1S/C28H38BrN3O6Si/c1-18-22(26(34)37-16-19-11-9-10-12-21(19)30-27(35)38-28(2,3)4)23-20(29)15-31(5)25(33)24(23)32(18)17-36-13-14-39(6,7)8/h9-12,15H,13-14,16-17H2,1-8H3,(H,30,35). The number of nitrogens with one attached hydrogen (secondary N) is 1. The lowest BCUT2D eigenvalue weighted by Crippen LogP contribution is -2.27. The summed E-state index contributed by atoms with van der Waals surface area (Å²) in [6.07, 6.45) is 1.03. The summed E-state index contributed by atoms with van der Waals surface area (Å²) < 4.78 is 20.8. The molecule has 0 aliphatic carbocycles. The third-order valence-electron chi connectivity index (χ3n) is 6.02. The van der Waals surface area contributed by atoms with Gasteiger partial charge in [-0.15, -0.1) is 0 Å². The predicted molar refractivity (Wildman–Crippen MR) is 159 cm³/mol.